The second kappa shape index (κ2) is 4.82. The summed E-state index contributed by atoms with van der Waals surface area (Å²) in [4.78, 5) is 0. The molecule has 0 aromatic heterocycles. The first kappa shape index (κ1) is 13.0. The molecule has 0 atom stereocenters. The monoisotopic (exact) mass is 243 g/mol. The topological polar surface area (TPSA) is 66.6 Å². The maximum atomic E-state index is 11.7. The molecule has 0 saturated heterocycles. The Morgan fingerprint density at radius 3 is 2.06 bits per heavy atom. The van der Waals surface area contributed by atoms with Crippen LogP contribution in [0.4, 0.5) is 5.69 Å². The second-order valence-corrected chi connectivity index (χ2v) is 6.04. The summed E-state index contributed by atoms with van der Waals surface area (Å²) in [5.41, 5.74) is 7.12. The minimum absolute atomic E-state index is 0.334. The van der Waals surface area contributed by atoms with Crippen LogP contribution in [0, 0.1) is 0 Å². The van der Waals surface area contributed by atoms with Crippen LogP contribution in [0.2, 0.25) is 0 Å². The van der Waals surface area contributed by atoms with Crippen molar-refractivity contribution < 1.29 is 8.42 Å². The first-order valence-corrected chi connectivity index (χ1v) is 6.22. The van der Waals surface area contributed by atoms with Gasteiger partial charge in [0, 0.05) is 33.4 Å². The van der Waals surface area contributed by atoms with Crippen molar-refractivity contribution in [1.29, 1.82) is 0 Å². The molecule has 1 aromatic rings. The normalized spacial score (nSPS) is 12.3. The molecule has 0 spiro atoms. The van der Waals surface area contributed by atoms with E-state index in [1.807, 2.05) is 12.1 Å². The van der Waals surface area contributed by atoms with E-state index in [0.29, 0.717) is 12.2 Å². The van der Waals surface area contributed by atoms with Gasteiger partial charge in [-0.15, -0.1) is 0 Å². The summed E-state index contributed by atoms with van der Waals surface area (Å²) in [5.74, 6) is 0. The molecule has 90 valence electrons. The molecule has 0 aliphatic carbocycles. The molecule has 0 aliphatic heterocycles. The van der Waals surface area contributed by atoms with E-state index in [9.17, 15) is 8.42 Å². The van der Waals surface area contributed by atoms with Gasteiger partial charge in [0.05, 0.1) is 0 Å². The first-order valence-electron chi connectivity index (χ1n) is 4.82. The number of anilines is 1. The lowest BCUT2D eigenvalue weighted by molar-refractivity contribution is 0.414. The Morgan fingerprint density at radius 2 is 1.62 bits per heavy atom. The van der Waals surface area contributed by atoms with E-state index in [1.165, 1.54) is 22.7 Å². The molecular formula is C10H17N3O2S. The Morgan fingerprint density at radius 1 is 1.12 bits per heavy atom. The molecule has 0 aliphatic rings. The van der Waals surface area contributed by atoms with E-state index in [1.54, 1.807) is 19.2 Å². The van der Waals surface area contributed by atoms with E-state index in [0.717, 1.165) is 5.56 Å². The van der Waals surface area contributed by atoms with Gasteiger partial charge in [0.25, 0.3) is 10.2 Å². The molecular weight excluding hydrogens is 226 g/mol. The number of nitrogens with zero attached hydrogens (tertiary/aromatic N) is 2. The van der Waals surface area contributed by atoms with Crippen molar-refractivity contribution in [3.05, 3.63) is 29.8 Å². The SMILES string of the molecule is CN(C)S(=O)(=O)N(C)Cc1ccc(N)cc1. The van der Waals surface area contributed by atoms with Crippen molar-refractivity contribution in [1.82, 2.24) is 8.61 Å². The fourth-order valence-corrected chi connectivity index (χ4v) is 2.11. The van der Waals surface area contributed by atoms with Crippen molar-refractivity contribution in [3.8, 4) is 0 Å². The Labute approximate surface area is 96.6 Å². The number of hydrogen-bond donors (Lipinski definition) is 1. The lowest BCUT2D eigenvalue weighted by Crippen LogP contribution is -2.36. The number of rotatable bonds is 4. The number of nitrogens with two attached hydrogens (primary N) is 1. The van der Waals surface area contributed by atoms with Gasteiger partial charge in [0.1, 0.15) is 0 Å². The zero-order chi connectivity index (χ0) is 12.3. The molecule has 1 rings (SSSR count). The lowest BCUT2D eigenvalue weighted by Gasteiger charge is -2.21. The first-order chi connectivity index (χ1) is 7.34. The Kier molecular flexibility index (Phi) is 3.90. The van der Waals surface area contributed by atoms with Gasteiger partial charge < -0.3 is 5.73 Å². The molecule has 16 heavy (non-hydrogen) atoms. The minimum atomic E-state index is -3.35. The highest BCUT2D eigenvalue weighted by molar-refractivity contribution is 7.86. The van der Waals surface area contributed by atoms with Gasteiger partial charge in [-0.1, -0.05) is 12.1 Å². The molecule has 0 amide bonds. The van der Waals surface area contributed by atoms with E-state index >= 15 is 0 Å². The largest absolute Gasteiger partial charge is 0.399 e. The predicted molar refractivity (Wildman–Crippen MR) is 64.9 cm³/mol. The summed E-state index contributed by atoms with van der Waals surface area (Å²) in [6, 6.07) is 7.14. The Hall–Kier alpha value is -1.11. The third kappa shape index (κ3) is 2.94. The van der Waals surface area contributed by atoms with Gasteiger partial charge in [-0.05, 0) is 17.7 Å². The van der Waals surface area contributed by atoms with E-state index in [2.05, 4.69) is 0 Å². The van der Waals surface area contributed by atoms with Gasteiger partial charge in [-0.3, -0.25) is 0 Å². The highest BCUT2D eigenvalue weighted by Gasteiger charge is 2.20. The van der Waals surface area contributed by atoms with Crippen LogP contribution < -0.4 is 5.73 Å². The standard InChI is InChI=1S/C10H17N3O2S/c1-12(2)16(14,15)13(3)8-9-4-6-10(11)7-5-9/h4-7H,8,11H2,1-3H3. The van der Waals surface area contributed by atoms with Crippen LogP contribution in [-0.4, -0.2) is 38.2 Å². The van der Waals surface area contributed by atoms with Crippen LogP contribution in [0.5, 0.6) is 0 Å². The summed E-state index contributed by atoms with van der Waals surface area (Å²) in [6.45, 7) is 0.334. The molecule has 2 N–H and O–H groups in total. The van der Waals surface area contributed by atoms with Crippen LogP contribution in [0.25, 0.3) is 0 Å². The second-order valence-electron chi connectivity index (χ2n) is 3.79. The molecule has 0 bridgehead atoms. The summed E-state index contributed by atoms with van der Waals surface area (Å²) in [5, 5.41) is 0. The third-order valence-corrected chi connectivity index (χ3v) is 4.08. The number of benzene rings is 1. The maximum Gasteiger partial charge on any atom is 0.281 e. The van der Waals surface area contributed by atoms with Crippen LogP contribution >= 0.6 is 0 Å². The minimum Gasteiger partial charge on any atom is -0.399 e. The average Bonchev–Trinajstić information content (AvgIpc) is 2.21. The van der Waals surface area contributed by atoms with E-state index in [4.69, 9.17) is 5.73 Å². The van der Waals surface area contributed by atoms with Crippen LogP contribution in [0.1, 0.15) is 5.56 Å². The third-order valence-electron chi connectivity index (χ3n) is 2.24. The van der Waals surface area contributed by atoms with E-state index in [-0.39, 0.29) is 0 Å². The van der Waals surface area contributed by atoms with Gasteiger partial charge >= 0.3 is 0 Å². The van der Waals surface area contributed by atoms with Gasteiger partial charge in [-0.25, -0.2) is 0 Å². The van der Waals surface area contributed by atoms with Crippen LogP contribution in [0.3, 0.4) is 0 Å². The highest BCUT2D eigenvalue weighted by Crippen LogP contribution is 2.11. The molecule has 0 fully saturated rings. The van der Waals surface area contributed by atoms with Crippen LogP contribution in [-0.2, 0) is 16.8 Å². The lowest BCUT2D eigenvalue weighted by atomic mass is 10.2. The summed E-state index contributed by atoms with van der Waals surface area (Å²) >= 11 is 0. The van der Waals surface area contributed by atoms with Crippen molar-refractivity contribution in [2.24, 2.45) is 0 Å². The van der Waals surface area contributed by atoms with Crippen LogP contribution in [0.15, 0.2) is 24.3 Å². The quantitative estimate of drug-likeness (QED) is 0.783. The molecule has 6 heteroatoms. The zero-order valence-electron chi connectivity index (χ0n) is 9.71. The van der Waals surface area contributed by atoms with Crippen molar-refractivity contribution >= 4 is 15.9 Å². The van der Waals surface area contributed by atoms with Crippen molar-refractivity contribution in [3.63, 3.8) is 0 Å². The van der Waals surface area contributed by atoms with Gasteiger partial charge in [0.2, 0.25) is 0 Å². The average molecular weight is 243 g/mol. The Bertz CT molecular complexity index is 440. The fraction of sp³-hybridized carbons (Fsp3) is 0.400. The molecule has 0 heterocycles. The van der Waals surface area contributed by atoms with Crippen molar-refractivity contribution in [2.45, 2.75) is 6.54 Å². The molecule has 5 nitrogen and oxygen atoms in total. The number of hydrogen-bond acceptors (Lipinski definition) is 3. The van der Waals surface area contributed by atoms with Gasteiger partial charge in [0.15, 0.2) is 0 Å². The smallest absolute Gasteiger partial charge is 0.281 e. The summed E-state index contributed by atoms with van der Waals surface area (Å²) in [6.07, 6.45) is 0. The Balaban J connectivity index is 2.79. The zero-order valence-corrected chi connectivity index (χ0v) is 10.5. The summed E-state index contributed by atoms with van der Waals surface area (Å²) < 4.78 is 25.9. The number of nitrogen functional groups attached to an aromatic ring is 1. The molecule has 0 saturated carbocycles. The van der Waals surface area contributed by atoms with E-state index < -0.39 is 10.2 Å². The van der Waals surface area contributed by atoms with Gasteiger partial charge in [-0.2, -0.15) is 17.0 Å². The summed E-state index contributed by atoms with van der Waals surface area (Å²) in [7, 11) is 1.21. The fourth-order valence-electron chi connectivity index (χ4n) is 1.24. The molecule has 0 radical (unpaired) electrons. The highest BCUT2D eigenvalue weighted by atomic mass is 32.2. The van der Waals surface area contributed by atoms with Crippen molar-refractivity contribution in [2.75, 3.05) is 26.9 Å². The maximum absolute atomic E-state index is 11.7. The molecule has 0 unspecified atom stereocenters. The predicted octanol–water partition coefficient (Wildman–Crippen LogP) is 0.507. The molecule has 1 aromatic carbocycles.